The number of amides is 2. The fourth-order valence-electron chi connectivity index (χ4n) is 2.96. The number of nitrogens with zero attached hydrogens (tertiary/aromatic N) is 2. The molecule has 3 atom stereocenters. The van der Waals surface area contributed by atoms with Crippen molar-refractivity contribution in [1.82, 2.24) is 15.1 Å². The van der Waals surface area contributed by atoms with Gasteiger partial charge in [-0.2, -0.15) is 0 Å². The number of aliphatic carboxylic acids is 1. The lowest BCUT2D eigenvalue weighted by Crippen LogP contribution is -2.50. The first kappa shape index (κ1) is 16.4. The molecule has 21 heavy (non-hydrogen) atoms. The Kier molecular flexibility index (Phi) is 5.75. The Morgan fingerprint density at radius 2 is 2.05 bits per heavy atom. The first-order chi connectivity index (χ1) is 9.99. The van der Waals surface area contributed by atoms with Crippen LogP contribution in [0.2, 0.25) is 0 Å². The van der Waals surface area contributed by atoms with E-state index in [1.165, 1.54) is 29.5 Å². The van der Waals surface area contributed by atoms with Gasteiger partial charge in [-0.1, -0.05) is 6.92 Å². The molecule has 0 aliphatic carbocycles. The number of thioether (sulfide) groups is 1. The van der Waals surface area contributed by atoms with E-state index in [1.54, 1.807) is 0 Å². The predicted octanol–water partition coefficient (Wildman–Crippen LogP) is 1.28. The molecule has 0 aromatic heterocycles. The van der Waals surface area contributed by atoms with Crippen LogP contribution in [0.3, 0.4) is 0 Å². The summed E-state index contributed by atoms with van der Waals surface area (Å²) < 4.78 is 0. The summed E-state index contributed by atoms with van der Waals surface area (Å²) in [5, 5.41) is 12.0. The molecule has 7 heteroatoms. The molecule has 2 rings (SSSR count). The molecule has 6 nitrogen and oxygen atoms in total. The normalized spacial score (nSPS) is 27.8. The summed E-state index contributed by atoms with van der Waals surface area (Å²) in [6.45, 7) is 7.89. The minimum Gasteiger partial charge on any atom is -0.480 e. The van der Waals surface area contributed by atoms with Crippen molar-refractivity contribution in [2.24, 2.45) is 5.92 Å². The van der Waals surface area contributed by atoms with Gasteiger partial charge in [0.05, 0.1) is 5.37 Å². The molecule has 2 saturated heterocycles. The van der Waals surface area contributed by atoms with E-state index < -0.39 is 12.0 Å². The first-order valence-electron chi connectivity index (χ1n) is 7.62. The quantitative estimate of drug-likeness (QED) is 0.799. The van der Waals surface area contributed by atoms with Crippen LogP contribution in [-0.4, -0.2) is 70.3 Å². The van der Waals surface area contributed by atoms with Crippen LogP contribution in [0.4, 0.5) is 4.79 Å². The lowest BCUT2D eigenvalue weighted by Gasteiger charge is -2.27. The SMILES string of the molecule is CC(CNC(=O)N1C(C)SCC1C(=O)O)CN1CCCC1. The molecule has 2 heterocycles. The van der Waals surface area contributed by atoms with Crippen LogP contribution < -0.4 is 5.32 Å². The third-order valence-corrected chi connectivity index (χ3v) is 5.33. The van der Waals surface area contributed by atoms with Gasteiger partial charge in [0.15, 0.2) is 0 Å². The fraction of sp³-hybridized carbons (Fsp3) is 0.857. The molecular weight excluding hydrogens is 290 g/mol. The Balaban J connectivity index is 1.78. The fourth-order valence-corrected chi connectivity index (χ4v) is 4.13. The summed E-state index contributed by atoms with van der Waals surface area (Å²) in [4.78, 5) is 27.3. The largest absolute Gasteiger partial charge is 0.480 e. The van der Waals surface area contributed by atoms with Crippen LogP contribution in [0.5, 0.6) is 0 Å². The van der Waals surface area contributed by atoms with Gasteiger partial charge in [0, 0.05) is 18.8 Å². The molecule has 2 amide bonds. The molecule has 2 aliphatic rings. The second-order valence-electron chi connectivity index (χ2n) is 5.99. The van der Waals surface area contributed by atoms with Crippen LogP contribution in [0.25, 0.3) is 0 Å². The summed E-state index contributed by atoms with van der Waals surface area (Å²) >= 11 is 1.51. The van der Waals surface area contributed by atoms with Crippen molar-refractivity contribution in [2.45, 2.75) is 38.1 Å². The van der Waals surface area contributed by atoms with Gasteiger partial charge in [-0.3, -0.25) is 4.90 Å². The Hall–Kier alpha value is -0.950. The molecule has 2 aliphatic heterocycles. The summed E-state index contributed by atoms with van der Waals surface area (Å²) in [6, 6.07) is -0.966. The second-order valence-corrected chi connectivity index (χ2v) is 7.34. The van der Waals surface area contributed by atoms with Crippen LogP contribution >= 0.6 is 11.8 Å². The number of carbonyl (C=O) groups is 2. The van der Waals surface area contributed by atoms with E-state index >= 15 is 0 Å². The molecule has 3 unspecified atom stereocenters. The molecule has 0 saturated carbocycles. The average molecular weight is 315 g/mol. The smallest absolute Gasteiger partial charge is 0.327 e. The molecule has 0 aromatic rings. The van der Waals surface area contributed by atoms with Gasteiger partial charge in [0.2, 0.25) is 0 Å². The zero-order valence-corrected chi connectivity index (χ0v) is 13.6. The Labute approximate surface area is 130 Å². The maximum atomic E-state index is 12.2. The topological polar surface area (TPSA) is 72.9 Å². The van der Waals surface area contributed by atoms with Gasteiger partial charge in [0.25, 0.3) is 0 Å². The third kappa shape index (κ3) is 4.26. The third-order valence-electron chi connectivity index (χ3n) is 4.11. The molecule has 0 aromatic carbocycles. The van der Waals surface area contributed by atoms with Gasteiger partial charge in [-0.25, -0.2) is 9.59 Å². The highest BCUT2D eigenvalue weighted by molar-refractivity contribution is 8.00. The van der Waals surface area contributed by atoms with Crippen LogP contribution in [0.1, 0.15) is 26.7 Å². The number of nitrogens with one attached hydrogen (secondary N) is 1. The summed E-state index contributed by atoms with van der Waals surface area (Å²) in [6.07, 6.45) is 2.53. The lowest BCUT2D eigenvalue weighted by molar-refractivity contribution is -0.141. The first-order valence-corrected chi connectivity index (χ1v) is 8.67. The maximum absolute atomic E-state index is 12.2. The molecule has 0 radical (unpaired) electrons. The lowest BCUT2D eigenvalue weighted by atomic mass is 10.1. The molecular formula is C14H25N3O3S. The highest BCUT2D eigenvalue weighted by Crippen LogP contribution is 2.28. The van der Waals surface area contributed by atoms with E-state index in [1.807, 2.05) is 6.92 Å². The van der Waals surface area contributed by atoms with Crippen molar-refractivity contribution in [3.8, 4) is 0 Å². The van der Waals surface area contributed by atoms with Gasteiger partial charge >= 0.3 is 12.0 Å². The van der Waals surface area contributed by atoms with Crippen molar-refractivity contribution >= 4 is 23.8 Å². The molecule has 0 spiro atoms. The number of hydrogen-bond acceptors (Lipinski definition) is 4. The van der Waals surface area contributed by atoms with E-state index in [9.17, 15) is 14.7 Å². The molecule has 2 fully saturated rings. The minimum atomic E-state index is -0.924. The van der Waals surface area contributed by atoms with Crippen molar-refractivity contribution in [2.75, 3.05) is 31.9 Å². The highest BCUT2D eigenvalue weighted by Gasteiger charge is 2.39. The Bertz CT molecular complexity index is 388. The van der Waals surface area contributed by atoms with Crippen molar-refractivity contribution in [1.29, 1.82) is 0 Å². The van der Waals surface area contributed by atoms with E-state index in [0.717, 1.165) is 19.6 Å². The molecule has 120 valence electrons. The number of rotatable bonds is 5. The number of carboxylic acids is 1. The van der Waals surface area contributed by atoms with Gasteiger partial charge in [-0.05, 0) is 38.8 Å². The van der Waals surface area contributed by atoms with Crippen molar-refractivity contribution in [3.05, 3.63) is 0 Å². The number of urea groups is 1. The van der Waals surface area contributed by atoms with E-state index in [-0.39, 0.29) is 11.4 Å². The molecule has 2 N–H and O–H groups in total. The zero-order valence-electron chi connectivity index (χ0n) is 12.7. The Morgan fingerprint density at radius 3 is 2.67 bits per heavy atom. The van der Waals surface area contributed by atoms with Gasteiger partial charge in [0.1, 0.15) is 6.04 Å². The highest BCUT2D eigenvalue weighted by atomic mass is 32.2. The standard InChI is InChI=1S/C14H25N3O3S/c1-10(8-16-5-3-4-6-16)7-15-14(20)17-11(2)21-9-12(17)13(18)19/h10-12H,3-9H2,1-2H3,(H,15,20)(H,18,19). The summed E-state index contributed by atoms with van der Waals surface area (Å²) in [5.74, 6) is -0.0826. The number of hydrogen-bond donors (Lipinski definition) is 2. The van der Waals surface area contributed by atoms with E-state index in [0.29, 0.717) is 18.2 Å². The van der Waals surface area contributed by atoms with E-state index in [4.69, 9.17) is 0 Å². The predicted molar refractivity (Wildman–Crippen MR) is 83.4 cm³/mol. The Morgan fingerprint density at radius 1 is 1.38 bits per heavy atom. The summed E-state index contributed by atoms with van der Waals surface area (Å²) in [7, 11) is 0. The summed E-state index contributed by atoms with van der Waals surface area (Å²) in [5.41, 5.74) is 0. The second kappa shape index (κ2) is 7.35. The van der Waals surface area contributed by atoms with Crippen LogP contribution in [0, 0.1) is 5.92 Å². The monoisotopic (exact) mass is 315 g/mol. The van der Waals surface area contributed by atoms with Crippen LogP contribution in [0.15, 0.2) is 0 Å². The van der Waals surface area contributed by atoms with Gasteiger partial charge in [-0.15, -0.1) is 11.8 Å². The van der Waals surface area contributed by atoms with Gasteiger partial charge < -0.3 is 15.3 Å². The van der Waals surface area contributed by atoms with Crippen molar-refractivity contribution < 1.29 is 14.7 Å². The number of carboxylic acid groups (broad SMARTS) is 1. The number of likely N-dealkylation sites (tertiary alicyclic amines) is 1. The minimum absolute atomic E-state index is 0.0833. The maximum Gasteiger partial charge on any atom is 0.327 e. The zero-order chi connectivity index (χ0) is 15.4. The van der Waals surface area contributed by atoms with Crippen molar-refractivity contribution in [3.63, 3.8) is 0 Å². The molecule has 0 bridgehead atoms. The number of carbonyl (C=O) groups excluding carboxylic acids is 1. The average Bonchev–Trinajstić information content (AvgIpc) is 3.05. The van der Waals surface area contributed by atoms with E-state index in [2.05, 4.69) is 17.1 Å². The van der Waals surface area contributed by atoms with Crippen LogP contribution in [-0.2, 0) is 4.79 Å².